The van der Waals surface area contributed by atoms with Crippen LogP contribution in [0.5, 0.6) is 0 Å². The molecule has 1 aliphatic rings. The number of carbonyl (C=O) groups is 1. The lowest BCUT2D eigenvalue weighted by Gasteiger charge is -2.26. The molecule has 129 valence electrons. The van der Waals surface area contributed by atoms with E-state index in [4.69, 9.17) is 5.73 Å². The van der Waals surface area contributed by atoms with Crippen molar-refractivity contribution in [3.63, 3.8) is 0 Å². The van der Waals surface area contributed by atoms with Crippen LogP contribution in [-0.2, 0) is 13.0 Å². The maximum Gasteiger partial charge on any atom is 0.249 e. The molecule has 0 spiro atoms. The standard InChI is InChI=1S/C22H25N2O/c1-2-3-6-15-11-12-17-20(13-15)24(14-16-7-4-8-16)19-10-5-9-18(21(17)19)22(23)25/h5,9-11,13,16H,2-4,6-8,14H2,1H3,(H2,23,25). The molecule has 1 aliphatic carbocycles. The number of unbranched alkanes of at least 4 members (excludes halogenated alkanes) is 1. The maximum atomic E-state index is 12.0. The van der Waals surface area contributed by atoms with E-state index in [9.17, 15) is 4.79 Å². The molecule has 1 amide bonds. The molecule has 0 unspecified atom stereocenters. The topological polar surface area (TPSA) is 48.0 Å². The fraction of sp³-hybridized carbons (Fsp3) is 0.409. The minimum Gasteiger partial charge on any atom is -0.366 e. The Morgan fingerprint density at radius 2 is 2.16 bits per heavy atom. The first-order valence-corrected chi connectivity index (χ1v) is 9.44. The Bertz CT molecular complexity index is 934. The fourth-order valence-corrected chi connectivity index (χ4v) is 3.96. The Kier molecular flexibility index (Phi) is 4.24. The van der Waals surface area contributed by atoms with Crippen molar-refractivity contribution < 1.29 is 4.79 Å². The van der Waals surface area contributed by atoms with E-state index < -0.39 is 0 Å². The summed E-state index contributed by atoms with van der Waals surface area (Å²) in [5.41, 5.74) is 9.89. The van der Waals surface area contributed by atoms with Gasteiger partial charge in [-0.3, -0.25) is 4.79 Å². The van der Waals surface area contributed by atoms with Crippen LogP contribution >= 0.6 is 0 Å². The molecule has 3 aromatic rings. The Morgan fingerprint density at radius 3 is 2.84 bits per heavy atom. The van der Waals surface area contributed by atoms with Gasteiger partial charge in [-0.2, -0.15) is 0 Å². The zero-order chi connectivity index (χ0) is 17.4. The van der Waals surface area contributed by atoms with E-state index in [1.54, 1.807) is 0 Å². The lowest BCUT2D eigenvalue weighted by molar-refractivity contribution is 0.100. The predicted octanol–water partition coefficient (Wildman–Crippen LogP) is 4.84. The molecule has 3 heteroatoms. The minimum absolute atomic E-state index is 0.364. The summed E-state index contributed by atoms with van der Waals surface area (Å²) in [5.74, 6) is 0.382. The normalized spacial score (nSPS) is 14.9. The van der Waals surface area contributed by atoms with Crippen molar-refractivity contribution in [2.24, 2.45) is 11.7 Å². The Labute approximate surface area is 148 Å². The van der Waals surface area contributed by atoms with E-state index in [0.717, 1.165) is 35.2 Å². The van der Waals surface area contributed by atoms with Gasteiger partial charge >= 0.3 is 0 Å². The molecule has 1 fully saturated rings. The molecular formula is C22H25N2O. The third kappa shape index (κ3) is 2.82. The van der Waals surface area contributed by atoms with E-state index in [1.165, 1.54) is 43.2 Å². The highest BCUT2D eigenvalue weighted by Gasteiger charge is 2.22. The number of nitrogens with two attached hydrogens (primary N) is 1. The van der Waals surface area contributed by atoms with Gasteiger partial charge in [0.1, 0.15) is 0 Å². The van der Waals surface area contributed by atoms with Gasteiger partial charge in [-0.05, 0) is 61.4 Å². The summed E-state index contributed by atoms with van der Waals surface area (Å²) in [5, 5.41) is 2.00. The van der Waals surface area contributed by atoms with Crippen molar-refractivity contribution in [2.75, 3.05) is 0 Å². The van der Waals surface area contributed by atoms with Crippen LogP contribution in [-0.4, -0.2) is 10.5 Å². The third-order valence-electron chi connectivity index (χ3n) is 5.60. The van der Waals surface area contributed by atoms with Crippen LogP contribution in [0.2, 0.25) is 0 Å². The third-order valence-corrected chi connectivity index (χ3v) is 5.60. The van der Waals surface area contributed by atoms with Gasteiger partial charge in [-0.25, -0.2) is 0 Å². The van der Waals surface area contributed by atoms with E-state index in [1.807, 2.05) is 12.1 Å². The summed E-state index contributed by atoms with van der Waals surface area (Å²) in [4.78, 5) is 12.0. The maximum absolute atomic E-state index is 12.0. The molecule has 0 bridgehead atoms. The molecule has 0 atom stereocenters. The smallest absolute Gasteiger partial charge is 0.249 e. The van der Waals surface area contributed by atoms with Crippen LogP contribution in [0.15, 0.2) is 30.3 Å². The molecular weight excluding hydrogens is 308 g/mol. The Morgan fingerprint density at radius 1 is 1.32 bits per heavy atom. The van der Waals surface area contributed by atoms with Crippen molar-refractivity contribution in [1.29, 1.82) is 0 Å². The number of rotatable bonds is 6. The molecule has 1 aromatic heterocycles. The van der Waals surface area contributed by atoms with Gasteiger partial charge in [0.2, 0.25) is 5.91 Å². The zero-order valence-corrected chi connectivity index (χ0v) is 14.8. The number of hydrogen-bond acceptors (Lipinski definition) is 1. The Hall–Kier alpha value is -2.29. The van der Waals surface area contributed by atoms with Crippen LogP contribution in [0.25, 0.3) is 21.8 Å². The van der Waals surface area contributed by atoms with Crippen LogP contribution in [0.3, 0.4) is 0 Å². The molecule has 3 nitrogen and oxygen atoms in total. The number of carbonyl (C=O) groups excluding carboxylic acids is 1. The summed E-state index contributed by atoms with van der Waals surface area (Å²) in [7, 11) is 0. The van der Waals surface area contributed by atoms with E-state index in [0.29, 0.717) is 5.56 Å². The second kappa shape index (κ2) is 6.55. The zero-order valence-electron chi connectivity index (χ0n) is 14.8. The molecule has 0 saturated heterocycles. The van der Waals surface area contributed by atoms with Gasteiger partial charge in [-0.15, -0.1) is 0 Å². The number of fused-ring (bicyclic) bond motifs is 3. The molecule has 1 radical (unpaired) electrons. The van der Waals surface area contributed by atoms with Crippen LogP contribution < -0.4 is 5.73 Å². The summed E-state index contributed by atoms with van der Waals surface area (Å²) >= 11 is 0. The van der Waals surface area contributed by atoms with Crippen molar-refractivity contribution >= 4 is 27.7 Å². The first-order valence-electron chi connectivity index (χ1n) is 9.44. The molecule has 1 saturated carbocycles. The number of aryl methyl sites for hydroxylation is 1. The highest BCUT2D eigenvalue weighted by molar-refractivity contribution is 6.17. The lowest BCUT2D eigenvalue weighted by atomic mass is 9.85. The highest BCUT2D eigenvalue weighted by Crippen LogP contribution is 2.36. The predicted molar refractivity (Wildman–Crippen MR) is 103 cm³/mol. The van der Waals surface area contributed by atoms with Crippen molar-refractivity contribution in [1.82, 2.24) is 4.57 Å². The van der Waals surface area contributed by atoms with E-state index >= 15 is 0 Å². The number of aromatic nitrogens is 1. The fourth-order valence-electron chi connectivity index (χ4n) is 3.96. The van der Waals surface area contributed by atoms with Gasteiger partial charge in [0, 0.05) is 28.4 Å². The van der Waals surface area contributed by atoms with Gasteiger partial charge in [0.05, 0.1) is 5.52 Å². The molecule has 2 aromatic carbocycles. The average molecular weight is 333 g/mol. The molecule has 25 heavy (non-hydrogen) atoms. The first kappa shape index (κ1) is 16.2. The van der Waals surface area contributed by atoms with Crippen LogP contribution in [0, 0.1) is 12.0 Å². The average Bonchev–Trinajstić information content (AvgIpc) is 2.89. The minimum atomic E-state index is -0.364. The molecule has 0 aliphatic heterocycles. The van der Waals surface area contributed by atoms with Gasteiger partial charge in [0.15, 0.2) is 0 Å². The molecule has 1 heterocycles. The number of amides is 1. The summed E-state index contributed by atoms with van der Waals surface area (Å²) in [6.45, 7) is 3.24. The van der Waals surface area contributed by atoms with E-state index in [2.05, 4.69) is 35.8 Å². The number of hydrogen-bond donors (Lipinski definition) is 1. The van der Waals surface area contributed by atoms with Crippen molar-refractivity contribution in [3.8, 4) is 0 Å². The van der Waals surface area contributed by atoms with Gasteiger partial charge in [-0.1, -0.05) is 31.9 Å². The first-order chi connectivity index (χ1) is 12.2. The molecule has 4 rings (SSSR count). The summed E-state index contributed by atoms with van der Waals surface area (Å²) in [6.07, 6.45) is 7.40. The van der Waals surface area contributed by atoms with Crippen LogP contribution in [0.4, 0.5) is 0 Å². The largest absolute Gasteiger partial charge is 0.366 e. The monoisotopic (exact) mass is 333 g/mol. The second-order valence-corrected chi connectivity index (χ2v) is 7.34. The lowest BCUT2D eigenvalue weighted by Crippen LogP contribution is -2.18. The second-order valence-electron chi connectivity index (χ2n) is 7.34. The number of benzene rings is 2. The number of nitrogens with zero attached hydrogens (tertiary/aromatic N) is 1. The summed E-state index contributed by atoms with van der Waals surface area (Å²) in [6, 6.07) is 13.7. The SMILES string of the molecule is CCCCc1c[c]c2c3c(C(N)=O)cccc3n(CC3CCC3)c2c1. The van der Waals surface area contributed by atoms with Crippen molar-refractivity contribution in [2.45, 2.75) is 52.0 Å². The van der Waals surface area contributed by atoms with E-state index in [-0.39, 0.29) is 5.91 Å². The van der Waals surface area contributed by atoms with Crippen molar-refractivity contribution in [3.05, 3.63) is 47.5 Å². The summed E-state index contributed by atoms with van der Waals surface area (Å²) < 4.78 is 2.40. The number of primary amides is 1. The highest BCUT2D eigenvalue weighted by atomic mass is 16.1. The van der Waals surface area contributed by atoms with Gasteiger partial charge in [0.25, 0.3) is 0 Å². The molecule has 2 N–H and O–H groups in total. The van der Waals surface area contributed by atoms with Crippen LogP contribution in [0.1, 0.15) is 54.9 Å². The quantitative estimate of drug-likeness (QED) is 0.689. The van der Waals surface area contributed by atoms with Gasteiger partial charge < -0.3 is 10.3 Å². The Balaban J connectivity index is 1.94.